The van der Waals surface area contributed by atoms with Crippen LogP contribution >= 0.6 is 0 Å². The van der Waals surface area contributed by atoms with Crippen LogP contribution in [0, 0.1) is 6.92 Å². The Bertz CT molecular complexity index is 602. The number of nitrogens with zero attached hydrogens (tertiary/aromatic N) is 1. The zero-order chi connectivity index (χ0) is 15.2. The van der Waals surface area contributed by atoms with Crippen LogP contribution in [-0.4, -0.2) is 19.9 Å². The van der Waals surface area contributed by atoms with E-state index in [0.717, 1.165) is 17.7 Å². The summed E-state index contributed by atoms with van der Waals surface area (Å²) in [6.45, 7) is 2.07. The molecular formula is C19H23NO. The minimum Gasteiger partial charge on any atom is -0.377 e. The van der Waals surface area contributed by atoms with Gasteiger partial charge in [0.2, 0.25) is 0 Å². The van der Waals surface area contributed by atoms with Crippen LogP contribution in [0.3, 0.4) is 0 Å². The molecule has 2 rings (SSSR count). The number of carbonyl (C=O) groups excluding carboxylic acids is 1. The fourth-order valence-corrected chi connectivity index (χ4v) is 2.52. The Morgan fingerprint density at radius 2 is 1.76 bits per heavy atom. The van der Waals surface area contributed by atoms with E-state index in [1.165, 1.54) is 11.1 Å². The van der Waals surface area contributed by atoms with Crippen LogP contribution in [-0.2, 0) is 17.6 Å². The molecule has 0 radical (unpaired) electrons. The molecule has 0 aliphatic carbocycles. The van der Waals surface area contributed by atoms with E-state index in [1.807, 2.05) is 32.3 Å². The van der Waals surface area contributed by atoms with Gasteiger partial charge in [0.05, 0.1) is 0 Å². The van der Waals surface area contributed by atoms with Crippen molar-refractivity contribution in [3.05, 3.63) is 65.2 Å². The van der Waals surface area contributed by atoms with Crippen molar-refractivity contribution in [2.75, 3.05) is 19.0 Å². The van der Waals surface area contributed by atoms with Gasteiger partial charge in [-0.25, -0.2) is 0 Å². The van der Waals surface area contributed by atoms with Gasteiger partial charge in [0.25, 0.3) is 0 Å². The molecule has 0 amide bonds. The Morgan fingerprint density at radius 3 is 2.43 bits per heavy atom. The van der Waals surface area contributed by atoms with Crippen LogP contribution in [0.1, 0.15) is 23.1 Å². The molecule has 0 aliphatic heterocycles. The van der Waals surface area contributed by atoms with Gasteiger partial charge in [0.15, 0.2) is 0 Å². The monoisotopic (exact) mass is 281 g/mol. The predicted molar refractivity (Wildman–Crippen MR) is 89.0 cm³/mol. The fraction of sp³-hybridized carbons (Fsp3) is 0.316. The van der Waals surface area contributed by atoms with Crippen molar-refractivity contribution in [2.24, 2.45) is 0 Å². The molecule has 2 nitrogen and oxygen atoms in total. The molecule has 2 aromatic carbocycles. The number of benzene rings is 2. The average Bonchev–Trinajstić information content (AvgIpc) is 2.46. The van der Waals surface area contributed by atoms with Gasteiger partial charge in [-0.05, 0) is 30.5 Å². The van der Waals surface area contributed by atoms with Crippen LogP contribution in [0.2, 0.25) is 0 Å². The summed E-state index contributed by atoms with van der Waals surface area (Å²) in [6.07, 6.45) is 1.94. The predicted octanol–water partition coefficient (Wildman–Crippen LogP) is 3.81. The van der Waals surface area contributed by atoms with E-state index < -0.39 is 0 Å². The maximum Gasteiger partial charge on any atom is 0.137 e. The van der Waals surface area contributed by atoms with Crippen molar-refractivity contribution < 1.29 is 4.79 Å². The van der Waals surface area contributed by atoms with Gasteiger partial charge in [-0.1, -0.05) is 48.0 Å². The van der Waals surface area contributed by atoms with Gasteiger partial charge in [-0.3, -0.25) is 4.79 Å². The second kappa shape index (κ2) is 7.07. The number of Topliss-reactive ketones (excluding diaryl/α,β-unsaturated/α-hetero) is 1. The zero-order valence-electron chi connectivity index (χ0n) is 13.1. The second-order valence-electron chi connectivity index (χ2n) is 5.73. The van der Waals surface area contributed by atoms with Gasteiger partial charge in [-0.2, -0.15) is 0 Å². The van der Waals surface area contributed by atoms with Gasteiger partial charge in [0.1, 0.15) is 5.78 Å². The highest BCUT2D eigenvalue weighted by Crippen LogP contribution is 2.21. The van der Waals surface area contributed by atoms with Crippen molar-refractivity contribution in [3.63, 3.8) is 0 Å². The average molecular weight is 281 g/mol. The quantitative estimate of drug-likeness (QED) is 0.802. The molecule has 0 atom stereocenters. The lowest BCUT2D eigenvalue weighted by Crippen LogP contribution is -2.14. The summed E-state index contributed by atoms with van der Waals surface area (Å²) in [6, 6.07) is 16.5. The van der Waals surface area contributed by atoms with Gasteiger partial charge >= 0.3 is 0 Å². The summed E-state index contributed by atoms with van der Waals surface area (Å²) >= 11 is 0. The van der Waals surface area contributed by atoms with Gasteiger partial charge in [-0.15, -0.1) is 0 Å². The smallest absolute Gasteiger partial charge is 0.137 e. The number of carbonyl (C=O) groups is 1. The van der Waals surface area contributed by atoms with E-state index in [1.54, 1.807) is 0 Å². The number of anilines is 1. The maximum atomic E-state index is 12.3. The van der Waals surface area contributed by atoms with E-state index in [9.17, 15) is 4.79 Å². The molecule has 0 spiro atoms. The first-order chi connectivity index (χ1) is 10.1. The molecule has 21 heavy (non-hydrogen) atoms. The summed E-state index contributed by atoms with van der Waals surface area (Å²) in [5, 5.41) is 0. The van der Waals surface area contributed by atoms with Crippen LogP contribution in [0.15, 0.2) is 48.5 Å². The Labute approximate surface area is 127 Å². The Morgan fingerprint density at radius 1 is 1.05 bits per heavy atom. The topological polar surface area (TPSA) is 20.3 Å². The lowest BCUT2D eigenvalue weighted by atomic mass is 9.99. The Hall–Kier alpha value is -2.09. The van der Waals surface area contributed by atoms with Gasteiger partial charge in [0, 0.05) is 32.6 Å². The normalized spacial score (nSPS) is 10.4. The molecule has 2 heteroatoms. The standard InChI is InChI=1S/C19H23NO/c1-15-9-12-19(20(2)3)17(13-15)14-18(21)11-10-16-7-5-4-6-8-16/h4-9,12-13H,10-11,14H2,1-3H3. The molecular weight excluding hydrogens is 258 g/mol. The number of hydrogen-bond donors (Lipinski definition) is 0. The molecule has 0 unspecified atom stereocenters. The molecule has 0 aliphatic rings. The molecule has 0 saturated carbocycles. The van der Waals surface area contributed by atoms with Gasteiger partial charge < -0.3 is 4.90 Å². The number of aryl methyl sites for hydroxylation is 2. The summed E-state index contributed by atoms with van der Waals surface area (Å²) in [7, 11) is 4.03. The maximum absolute atomic E-state index is 12.3. The first-order valence-corrected chi connectivity index (χ1v) is 7.39. The van der Waals surface area contributed by atoms with Crippen LogP contribution in [0.25, 0.3) is 0 Å². The first-order valence-electron chi connectivity index (χ1n) is 7.39. The molecule has 0 heterocycles. The number of ketones is 1. The lowest BCUT2D eigenvalue weighted by molar-refractivity contribution is -0.118. The van der Waals surface area contributed by atoms with Crippen LogP contribution in [0.4, 0.5) is 5.69 Å². The lowest BCUT2D eigenvalue weighted by Gasteiger charge is -2.17. The molecule has 0 N–H and O–H groups in total. The zero-order valence-corrected chi connectivity index (χ0v) is 13.1. The van der Waals surface area contributed by atoms with Crippen molar-refractivity contribution in [1.82, 2.24) is 0 Å². The van der Waals surface area contributed by atoms with Crippen molar-refractivity contribution >= 4 is 11.5 Å². The van der Waals surface area contributed by atoms with Crippen LogP contribution < -0.4 is 4.90 Å². The third-order valence-electron chi connectivity index (χ3n) is 3.64. The molecule has 0 saturated heterocycles. The van der Waals surface area contributed by atoms with E-state index in [0.29, 0.717) is 18.6 Å². The molecule has 0 aromatic heterocycles. The minimum absolute atomic E-state index is 0.299. The molecule has 110 valence electrons. The third-order valence-corrected chi connectivity index (χ3v) is 3.64. The van der Waals surface area contributed by atoms with Crippen molar-refractivity contribution in [2.45, 2.75) is 26.2 Å². The van der Waals surface area contributed by atoms with E-state index in [4.69, 9.17) is 0 Å². The number of rotatable bonds is 6. The first kappa shape index (κ1) is 15.3. The highest BCUT2D eigenvalue weighted by Gasteiger charge is 2.10. The minimum atomic E-state index is 0.299. The summed E-state index contributed by atoms with van der Waals surface area (Å²) in [5.41, 5.74) is 4.68. The van der Waals surface area contributed by atoms with E-state index in [-0.39, 0.29) is 0 Å². The van der Waals surface area contributed by atoms with Crippen LogP contribution in [0.5, 0.6) is 0 Å². The highest BCUT2D eigenvalue weighted by atomic mass is 16.1. The highest BCUT2D eigenvalue weighted by molar-refractivity contribution is 5.83. The SMILES string of the molecule is Cc1ccc(N(C)C)c(CC(=O)CCc2ccccc2)c1. The van der Waals surface area contributed by atoms with Crippen molar-refractivity contribution in [3.8, 4) is 0 Å². The largest absolute Gasteiger partial charge is 0.377 e. The molecule has 0 fully saturated rings. The fourth-order valence-electron chi connectivity index (χ4n) is 2.52. The van der Waals surface area contributed by atoms with E-state index in [2.05, 4.69) is 42.2 Å². The Kier molecular flexibility index (Phi) is 5.15. The van der Waals surface area contributed by atoms with Crippen molar-refractivity contribution in [1.29, 1.82) is 0 Å². The molecule has 2 aromatic rings. The summed E-state index contributed by atoms with van der Waals surface area (Å²) in [4.78, 5) is 14.3. The third kappa shape index (κ3) is 4.45. The second-order valence-corrected chi connectivity index (χ2v) is 5.73. The summed E-state index contributed by atoms with van der Waals surface area (Å²) < 4.78 is 0. The summed E-state index contributed by atoms with van der Waals surface area (Å²) in [5.74, 6) is 0.299. The Balaban J connectivity index is 2.01. The molecule has 0 bridgehead atoms. The van der Waals surface area contributed by atoms with E-state index >= 15 is 0 Å². The number of hydrogen-bond acceptors (Lipinski definition) is 2.